The molecular weight excluding hydrogens is 278 g/mol. The van der Waals surface area contributed by atoms with Gasteiger partial charge in [-0.2, -0.15) is 5.26 Å². The van der Waals surface area contributed by atoms with Crippen molar-refractivity contribution < 1.29 is 4.92 Å². The molecule has 8 heteroatoms. The molecule has 1 heterocycles. The summed E-state index contributed by atoms with van der Waals surface area (Å²) in [4.78, 5) is 18.2. The van der Waals surface area contributed by atoms with Gasteiger partial charge in [-0.1, -0.05) is 23.9 Å². The third-order valence-corrected chi connectivity index (χ3v) is 3.34. The van der Waals surface area contributed by atoms with Gasteiger partial charge in [0.05, 0.1) is 11.1 Å². The fourth-order valence-electron chi connectivity index (χ4n) is 1.44. The van der Waals surface area contributed by atoms with Crippen LogP contribution in [0.2, 0.25) is 0 Å². The molecule has 0 aliphatic heterocycles. The number of nitrogens with two attached hydrogens (primary N) is 1. The zero-order valence-electron chi connectivity index (χ0n) is 10.2. The van der Waals surface area contributed by atoms with E-state index in [-0.39, 0.29) is 17.1 Å². The van der Waals surface area contributed by atoms with Crippen LogP contribution in [0.15, 0.2) is 35.6 Å². The highest BCUT2D eigenvalue weighted by atomic mass is 32.2. The van der Waals surface area contributed by atoms with Gasteiger partial charge in [0, 0.05) is 17.9 Å². The molecule has 1 aromatic heterocycles. The number of nitrogen functional groups attached to an aromatic ring is 1. The average Bonchev–Trinajstić information content (AvgIpc) is 2.45. The molecule has 0 fully saturated rings. The van der Waals surface area contributed by atoms with E-state index < -0.39 is 4.92 Å². The summed E-state index contributed by atoms with van der Waals surface area (Å²) in [5.74, 6) is 0.608. The number of nitro groups is 1. The predicted molar refractivity (Wildman–Crippen MR) is 73.8 cm³/mol. The van der Waals surface area contributed by atoms with Crippen molar-refractivity contribution in [2.45, 2.75) is 10.9 Å². The SMILES string of the molecule is N#Cc1cnc(SCc2cccc([N+](=O)[O-])c2)nc1N. The van der Waals surface area contributed by atoms with Crippen LogP contribution in [0.25, 0.3) is 0 Å². The number of nitriles is 1. The fraction of sp³-hybridized carbons (Fsp3) is 0.0833. The number of hydrogen-bond acceptors (Lipinski definition) is 7. The number of nitro benzene ring substituents is 1. The molecule has 0 saturated carbocycles. The third-order valence-electron chi connectivity index (χ3n) is 2.41. The zero-order valence-corrected chi connectivity index (χ0v) is 11.0. The van der Waals surface area contributed by atoms with Crippen LogP contribution in [0.5, 0.6) is 0 Å². The van der Waals surface area contributed by atoms with Crippen molar-refractivity contribution in [1.82, 2.24) is 9.97 Å². The van der Waals surface area contributed by atoms with E-state index in [0.29, 0.717) is 10.9 Å². The number of anilines is 1. The maximum atomic E-state index is 10.7. The minimum atomic E-state index is -0.440. The number of thioether (sulfide) groups is 1. The summed E-state index contributed by atoms with van der Waals surface area (Å²) in [5.41, 5.74) is 6.65. The molecule has 0 aliphatic rings. The van der Waals surface area contributed by atoms with Crippen LogP contribution in [0, 0.1) is 21.4 Å². The monoisotopic (exact) mass is 287 g/mol. The fourth-order valence-corrected chi connectivity index (χ4v) is 2.21. The maximum Gasteiger partial charge on any atom is 0.269 e. The van der Waals surface area contributed by atoms with E-state index in [4.69, 9.17) is 11.0 Å². The van der Waals surface area contributed by atoms with Gasteiger partial charge in [0.1, 0.15) is 17.5 Å². The van der Waals surface area contributed by atoms with Crippen molar-refractivity contribution >= 4 is 23.3 Å². The van der Waals surface area contributed by atoms with Crippen molar-refractivity contribution in [2.24, 2.45) is 0 Å². The summed E-state index contributed by atoms with van der Waals surface area (Å²) >= 11 is 1.29. The summed E-state index contributed by atoms with van der Waals surface area (Å²) in [6.07, 6.45) is 1.36. The minimum absolute atomic E-state index is 0.0448. The number of nitrogens with zero attached hydrogens (tertiary/aromatic N) is 4. The van der Waals surface area contributed by atoms with E-state index in [1.807, 2.05) is 6.07 Å². The van der Waals surface area contributed by atoms with Crippen molar-refractivity contribution in [3.05, 3.63) is 51.7 Å². The Morgan fingerprint density at radius 1 is 1.50 bits per heavy atom. The van der Waals surface area contributed by atoms with E-state index in [0.717, 1.165) is 5.56 Å². The summed E-state index contributed by atoms with van der Waals surface area (Å²) in [7, 11) is 0. The van der Waals surface area contributed by atoms with Gasteiger partial charge < -0.3 is 5.73 Å². The van der Waals surface area contributed by atoms with Gasteiger partial charge in [-0.25, -0.2) is 9.97 Å². The highest BCUT2D eigenvalue weighted by Gasteiger charge is 2.08. The highest BCUT2D eigenvalue weighted by molar-refractivity contribution is 7.98. The first-order chi connectivity index (χ1) is 9.60. The molecule has 7 nitrogen and oxygen atoms in total. The van der Waals surface area contributed by atoms with Gasteiger partial charge in [-0.3, -0.25) is 10.1 Å². The topological polar surface area (TPSA) is 119 Å². The number of aromatic nitrogens is 2. The lowest BCUT2D eigenvalue weighted by Crippen LogP contribution is -1.98. The maximum absolute atomic E-state index is 10.7. The Morgan fingerprint density at radius 2 is 2.30 bits per heavy atom. The van der Waals surface area contributed by atoms with Crippen molar-refractivity contribution in [1.29, 1.82) is 5.26 Å². The second-order valence-corrected chi connectivity index (χ2v) is 4.72. The van der Waals surface area contributed by atoms with E-state index in [1.165, 1.54) is 30.1 Å². The molecule has 0 spiro atoms. The van der Waals surface area contributed by atoms with E-state index >= 15 is 0 Å². The second kappa shape index (κ2) is 5.99. The molecule has 0 aliphatic carbocycles. The van der Waals surface area contributed by atoms with Crippen LogP contribution >= 0.6 is 11.8 Å². The van der Waals surface area contributed by atoms with Gasteiger partial charge in [-0.05, 0) is 5.56 Å². The molecule has 0 radical (unpaired) electrons. The van der Waals surface area contributed by atoms with Crippen molar-refractivity contribution in [2.75, 3.05) is 5.73 Å². The van der Waals surface area contributed by atoms with Gasteiger partial charge in [0.25, 0.3) is 5.69 Å². The molecular formula is C12H9N5O2S. The first-order valence-corrected chi connectivity index (χ1v) is 6.47. The van der Waals surface area contributed by atoms with Crippen LogP contribution in [0.1, 0.15) is 11.1 Å². The van der Waals surface area contributed by atoms with Crippen LogP contribution in [0.4, 0.5) is 11.5 Å². The molecule has 0 atom stereocenters. The summed E-state index contributed by atoms with van der Waals surface area (Å²) in [6.45, 7) is 0. The number of rotatable bonds is 4. The molecule has 0 bridgehead atoms. The molecule has 0 amide bonds. The molecule has 100 valence electrons. The lowest BCUT2D eigenvalue weighted by Gasteiger charge is -2.02. The lowest BCUT2D eigenvalue weighted by molar-refractivity contribution is -0.384. The van der Waals surface area contributed by atoms with Gasteiger partial charge in [0.2, 0.25) is 0 Å². The van der Waals surface area contributed by atoms with Crippen LogP contribution < -0.4 is 5.73 Å². The minimum Gasteiger partial charge on any atom is -0.382 e. The predicted octanol–water partition coefficient (Wildman–Crippen LogP) is 2.13. The number of hydrogen-bond donors (Lipinski definition) is 1. The second-order valence-electron chi connectivity index (χ2n) is 3.78. The van der Waals surface area contributed by atoms with Crippen LogP contribution in [-0.2, 0) is 5.75 Å². The number of non-ortho nitro benzene ring substituents is 1. The molecule has 20 heavy (non-hydrogen) atoms. The summed E-state index contributed by atoms with van der Waals surface area (Å²) < 4.78 is 0. The molecule has 0 unspecified atom stereocenters. The smallest absolute Gasteiger partial charge is 0.269 e. The Labute approximate surface area is 118 Å². The van der Waals surface area contributed by atoms with Crippen LogP contribution in [-0.4, -0.2) is 14.9 Å². The van der Waals surface area contributed by atoms with E-state index in [1.54, 1.807) is 12.1 Å². The Bertz CT molecular complexity index is 698. The highest BCUT2D eigenvalue weighted by Crippen LogP contribution is 2.22. The average molecular weight is 287 g/mol. The normalized spacial score (nSPS) is 9.95. The van der Waals surface area contributed by atoms with Crippen molar-refractivity contribution in [3.63, 3.8) is 0 Å². The molecule has 2 N–H and O–H groups in total. The first kappa shape index (κ1) is 13.8. The molecule has 2 rings (SSSR count). The Morgan fingerprint density at radius 3 is 2.95 bits per heavy atom. The first-order valence-electron chi connectivity index (χ1n) is 5.49. The third kappa shape index (κ3) is 3.21. The Kier molecular flexibility index (Phi) is 4.12. The lowest BCUT2D eigenvalue weighted by atomic mass is 10.2. The summed E-state index contributed by atoms with van der Waals surface area (Å²) in [5, 5.41) is 19.8. The summed E-state index contributed by atoms with van der Waals surface area (Å²) in [6, 6.07) is 8.23. The Hall–Kier alpha value is -2.66. The van der Waals surface area contributed by atoms with Crippen molar-refractivity contribution in [3.8, 4) is 6.07 Å². The molecule has 0 saturated heterocycles. The molecule has 2 aromatic rings. The van der Waals surface area contributed by atoms with E-state index in [2.05, 4.69) is 9.97 Å². The van der Waals surface area contributed by atoms with Crippen LogP contribution in [0.3, 0.4) is 0 Å². The van der Waals surface area contributed by atoms with Gasteiger partial charge in [0.15, 0.2) is 5.16 Å². The van der Waals surface area contributed by atoms with Gasteiger partial charge in [-0.15, -0.1) is 0 Å². The zero-order chi connectivity index (χ0) is 14.5. The molecule has 1 aromatic carbocycles. The number of benzene rings is 1. The largest absolute Gasteiger partial charge is 0.382 e. The quantitative estimate of drug-likeness (QED) is 0.396. The van der Waals surface area contributed by atoms with E-state index in [9.17, 15) is 10.1 Å². The standard InChI is InChI=1S/C12H9N5O2S/c13-5-9-6-15-12(16-11(9)14)20-7-8-2-1-3-10(4-8)17(18)19/h1-4,6H,7H2,(H2,14,15,16). The van der Waals surface area contributed by atoms with Gasteiger partial charge >= 0.3 is 0 Å². The Balaban J connectivity index is 2.09.